The van der Waals surface area contributed by atoms with Crippen LogP contribution in [0.5, 0.6) is 0 Å². The minimum Gasteiger partial charge on any atom is -0.435 e. The highest BCUT2D eigenvalue weighted by Gasteiger charge is 2.46. The third-order valence-corrected chi connectivity index (χ3v) is 11.0. The van der Waals surface area contributed by atoms with Gasteiger partial charge in [-0.2, -0.15) is 0 Å². The number of rotatable bonds is 6. The molecular formula is C51H32N4O. The van der Waals surface area contributed by atoms with Gasteiger partial charge in [-0.25, -0.2) is 19.9 Å². The minimum absolute atomic E-state index is 0.549. The predicted octanol–water partition coefficient (Wildman–Crippen LogP) is 12.2. The average molecular weight is 717 g/mol. The van der Waals surface area contributed by atoms with E-state index in [1.165, 1.54) is 33.4 Å². The molecule has 1 aliphatic carbocycles. The molecule has 0 saturated heterocycles. The summed E-state index contributed by atoms with van der Waals surface area (Å²) in [5.74, 6) is 2.32. The van der Waals surface area contributed by atoms with Gasteiger partial charge in [0.15, 0.2) is 23.1 Å². The summed E-state index contributed by atoms with van der Waals surface area (Å²) in [6.07, 6.45) is 0. The average Bonchev–Trinajstić information content (AvgIpc) is 3.85. The van der Waals surface area contributed by atoms with E-state index in [-0.39, 0.29) is 0 Å². The lowest BCUT2D eigenvalue weighted by Gasteiger charge is -2.34. The van der Waals surface area contributed by atoms with E-state index in [0.29, 0.717) is 28.9 Å². The van der Waals surface area contributed by atoms with Crippen molar-refractivity contribution >= 4 is 21.9 Å². The Kier molecular flexibility index (Phi) is 7.32. The van der Waals surface area contributed by atoms with E-state index in [4.69, 9.17) is 24.4 Å². The largest absolute Gasteiger partial charge is 0.435 e. The summed E-state index contributed by atoms with van der Waals surface area (Å²) in [5, 5.41) is 1.92. The van der Waals surface area contributed by atoms with E-state index in [0.717, 1.165) is 38.5 Å². The van der Waals surface area contributed by atoms with Crippen molar-refractivity contribution in [2.75, 3.05) is 0 Å². The second-order valence-electron chi connectivity index (χ2n) is 14.2. The highest BCUT2D eigenvalue weighted by molar-refractivity contribution is 6.10. The Hall–Kier alpha value is -7.50. The summed E-state index contributed by atoms with van der Waals surface area (Å²) in [5.41, 5.74) is 11.8. The summed E-state index contributed by atoms with van der Waals surface area (Å²) in [6.45, 7) is 0. The maximum Gasteiger partial charge on any atom is 0.227 e. The molecule has 0 aliphatic heterocycles. The van der Waals surface area contributed by atoms with Gasteiger partial charge in [0.2, 0.25) is 5.89 Å². The Morgan fingerprint density at radius 1 is 0.375 bits per heavy atom. The van der Waals surface area contributed by atoms with Crippen LogP contribution >= 0.6 is 0 Å². The molecule has 0 atom stereocenters. The second kappa shape index (κ2) is 12.8. The van der Waals surface area contributed by atoms with Gasteiger partial charge in [0.25, 0.3) is 0 Å². The first-order valence-corrected chi connectivity index (χ1v) is 18.8. The second-order valence-corrected chi connectivity index (χ2v) is 14.2. The van der Waals surface area contributed by atoms with E-state index in [9.17, 15) is 0 Å². The third-order valence-electron chi connectivity index (χ3n) is 11.0. The maximum absolute atomic E-state index is 6.57. The molecule has 2 heterocycles. The molecule has 56 heavy (non-hydrogen) atoms. The summed E-state index contributed by atoms with van der Waals surface area (Å²) in [6, 6.07) is 67.6. The van der Waals surface area contributed by atoms with Gasteiger partial charge in [-0.05, 0) is 63.0 Å². The smallest absolute Gasteiger partial charge is 0.227 e. The Balaban J connectivity index is 1.16. The van der Waals surface area contributed by atoms with Crippen LogP contribution in [-0.2, 0) is 5.41 Å². The van der Waals surface area contributed by atoms with Crippen molar-refractivity contribution in [3.63, 3.8) is 0 Å². The fourth-order valence-electron chi connectivity index (χ4n) is 8.57. The highest BCUT2D eigenvalue weighted by atomic mass is 16.3. The molecule has 11 rings (SSSR count). The zero-order chi connectivity index (χ0) is 37.1. The molecule has 0 N–H and O–H groups in total. The Labute approximate surface area is 323 Å². The molecule has 0 radical (unpaired) electrons. The third kappa shape index (κ3) is 4.95. The van der Waals surface area contributed by atoms with Crippen molar-refractivity contribution in [2.24, 2.45) is 0 Å². The summed E-state index contributed by atoms with van der Waals surface area (Å²) >= 11 is 0. The van der Waals surface area contributed by atoms with Gasteiger partial charge >= 0.3 is 0 Å². The quantitative estimate of drug-likeness (QED) is 0.171. The Morgan fingerprint density at radius 3 is 1.66 bits per heavy atom. The fraction of sp³-hybridized carbons (Fsp3) is 0.0196. The van der Waals surface area contributed by atoms with Gasteiger partial charge in [-0.3, -0.25) is 0 Å². The van der Waals surface area contributed by atoms with Crippen molar-refractivity contribution in [3.8, 4) is 56.7 Å². The summed E-state index contributed by atoms with van der Waals surface area (Å²) < 4.78 is 6.57. The van der Waals surface area contributed by atoms with Crippen molar-refractivity contribution < 1.29 is 4.42 Å². The van der Waals surface area contributed by atoms with Crippen molar-refractivity contribution in [1.29, 1.82) is 0 Å². The molecule has 8 aromatic carbocycles. The van der Waals surface area contributed by atoms with Crippen LogP contribution in [0.4, 0.5) is 0 Å². The number of oxazole rings is 1. The predicted molar refractivity (Wildman–Crippen MR) is 224 cm³/mol. The maximum atomic E-state index is 6.57. The molecule has 0 fully saturated rings. The lowest BCUT2D eigenvalue weighted by Crippen LogP contribution is -2.28. The SMILES string of the molecule is c1ccc(-c2nc(-c3ccc4c(c3)C(c3ccccc3)(c3ccccc3)c3ccccc3-4)nc(-c3cccc4ccc5nc(-c6ccccc6)oc5c34)n2)cc1. The van der Waals surface area contributed by atoms with E-state index in [2.05, 4.69) is 121 Å². The zero-order valence-corrected chi connectivity index (χ0v) is 30.2. The molecule has 0 bridgehead atoms. The van der Waals surface area contributed by atoms with Gasteiger partial charge in [-0.1, -0.05) is 170 Å². The van der Waals surface area contributed by atoms with Crippen LogP contribution in [0.2, 0.25) is 0 Å². The molecule has 0 amide bonds. The van der Waals surface area contributed by atoms with Gasteiger partial charge in [0.05, 0.1) is 5.41 Å². The Morgan fingerprint density at radius 2 is 0.946 bits per heavy atom. The lowest BCUT2D eigenvalue weighted by atomic mass is 9.67. The van der Waals surface area contributed by atoms with Gasteiger partial charge in [0, 0.05) is 27.6 Å². The molecule has 0 spiro atoms. The number of nitrogens with zero attached hydrogens (tertiary/aromatic N) is 4. The standard InChI is InChI=1S/C51H32N4O/c1-5-16-34(17-6-1)47-53-48(55-49(54-47)41-26-15-20-33-29-31-44-46(45(33)41)56-50(52-44)35-18-7-2-8-19-35)36-28-30-40-39-25-13-14-27-42(39)51(43(40)32-36,37-21-9-3-10-22-37)38-23-11-4-12-24-38/h1-32H. The summed E-state index contributed by atoms with van der Waals surface area (Å²) in [7, 11) is 0. The number of aromatic nitrogens is 4. The van der Waals surface area contributed by atoms with E-state index < -0.39 is 5.41 Å². The Bertz CT molecular complexity index is 3030. The molecule has 5 heteroatoms. The molecule has 0 saturated carbocycles. The number of fused-ring (bicyclic) bond motifs is 6. The van der Waals surface area contributed by atoms with Crippen LogP contribution in [0.1, 0.15) is 22.3 Å². The molecule has 262 valence electrons. The van der Waals surface area contributed by atoms with Gasteiger partial charge in [-0.15, -0.1) is 0 Å². The minimum atomic E-state index is -0.549. The van der Waals surface area contributed by atoms with Gasteiger partial charge in [0.1, 0.15) is 5.52 Å². The molecule has 2 aromatic heterocycles. The molecule has 5 nitrogen and oxygen atoms in total. The first kappa shape index (κ1) is 32.0. The van der Waals surface area contributed by atoms with Crippen LogP contribution in [0, 0.1) is 0 Å². The van der Waals surface area contributed by atoms with E-state index in [1.54, 1.807) is 0 Å². The van der Waals surface area contributed by atoms with Crippen molar-refractivity contribution in [1.82, 2.24) is 19.9 Å². The van der Waals surface area contributed by atoms with Crippen LogP contribution < -0.4 is 0 Å². The lowest BCUT2D eigenvalue weighted by molar-refractivity contribution is 0.623. The van der Waals surface area contributed by atoms with E-state index >= 15 is 0 Å². The first-order valence-electron chi connectivity index (χ1n) is 18.8. The number of hydrogen-bond donors (Lipinski definition) is 0. The van der Waals surface area contributed by atoms with Crippen molar-refractivity contribution in [3.05, 3.63) is 216 Å². The number of hydrogen-bond acceptors (Lipinski definition) is 5. The molecule has 0 unspecified atom stereocenters. The molecular weight excluding hydrogens is 685 g/mol. The monoisotopic (exact) mass is 716 g/mol. The van der Waals surface area contributed by atoms with Crippen molar-refractivity contribution in [2.45, 2.75) is 5.41 Å². The zero-order valence-electron chi connectivity index (χ0n) is 30.2. The number of benzene rings is 8. The first-order chi connectivity index (χ1) is 27.8. The highest BCUT2D eigenvalue weighted by Crippen LogP contribution is 2.56. The fourth-order valence-corrected chi connectivity index (χ4v) is 8.57. The van der Waals surface area contributed by atoms with E-state index in [1.807, 2.05) is 72.8 Å². The van der Waals surface area contributed by atoms with Crippen LogP contribution in [-0.4, -0.2) is 19.9 Å². The molecule has 1 aliphatic rings. The van der Waals surface area contributed by atoms with Crippen LogP contribution in [0.15, 0.2) is 199 Å². The normalized spacial score (nSPS) is 12.8. The summed E-state index contributed by atoms with van der Waals surface area (Å²) in [4.78, 5) is 20.6. The molecule has 10 aromatic rings. The van der Waals surface area contributed by atoms with Crippen LogP contribution in [0.25, 0.3) is 78.6 Å². The topological polar surface area (TPSA) is 64.7 Å². The van der Waals surface area contributed by atoms with Gasteiger partial charge < -0.3 is 4.42 Å². The van der Waals surface area contributed by atoms with Crippen LogP contribution in [0.3, 0.4) is 0 Å².